The molecule has 2 aromatic carbocycles. The maximum atomic E-state index is 12.8. The summed E-state index contributed by atoms with van der Waals surface area (Å²) in [7, 11) is 0. The van der Waals surface area contributed by atoms with Gasteiger partial charge in [0.25, 0.3) is 11.1 Å². The second kappa shape index (κ2) is 9.78. The Morgan fingerprint density at radius 2 is 1.71 bits per heavy atom. The first-order valence-corrected chi connectivity index (χ1v) is 11.8. The van der Waals surface area contributed by atoms with Gasteiger partial charge in [0.2, 0.25) is 5.91 Å². The zero-order chi connectivity index (χ0) is 23.5. The van der Waals surface area contributed by atoms with E-state index in [1.54, 1.807) is 24.3 Å². The first-order chi connectivity index (χ1) is 16.6. The molecule has 34 heavy (non-hydrogen) atoms. The molecule has 0 radical (unpaired) electrons. The van der Waals surface area contributed by atoms with Gasteiger partial charge in [0, 0.05) is 30.5 Å². The molecule has 3 heterocycles. The standard InChI is InChI=1S/C24H23N3O6S/c28-22(25-17-3-6-19-20(14-17)33-12-11-32-19)15-27-23(29)21(34-24(27)30)13-16-1-4-18(5-2-16)26-7-9-31-10-8-26/h1-6,13-14H,7-12,15H2,(H,25,28)/b21-13+. The van der Waals surface area contributed by atoms with Gasteiger partial charge < -0.3 is 24.4 Å². The predicted molar refractivity (Wildman–Crippen MR) is 128 cm³/mol. The van der Waals surface area contributed by atoms with Crippen molar-refractivity contribution < 1.29 is 28.6 Å². The largest absolute Gasteiger partial charge is 0.486 e. The summed E-state index contributed by atoms with van der Waals surface area (Å²) in [5, 5.41) is 2.23. The first kappa shape index (κ1) is 22.3. The fourth-order valence-corrected chi connectivity index (χ4v) is 4.69. The summed E-state index contributed by atoms with van der Waals surface area (Å²) in [4.78, 5) is 41.2. The molecule has 10 heteroatoms. The number of morpholine rings is 1. The van der Waals surface area contributed by atoms with Gasteiger partial charge in [-0.3, -0.25) is 19.3 Å². The smallest absolute Gasteiger partial charge is 0.294 e. The molecule has 9 nitrogen and oxygen atoms in total. The molecule has 3 amide bonds. The zero-order valence-corrected chi connectivity index (χ0v) is 19.1. The molecule has 0 aromatic heterocycles. The number of benzene rings is 2. The van der Waals surface area contributed by atoms with E-state index in [0.29, 0.717) is 43.6 Å². The van der Waals surface area contributed by atoms with E-state index in [1.807, 2.05) is 24.3 Å². The SMILES string of the molecule is O=C(CN1C(=O)S/C(=C/c2ccc(N3CCOCC3)cc2)C1=O)Nc1ccc2c(c1)OCCO2. The highest BCUT2D eigenvalue weighted by Gasteiger charge is 2.36. The van der Waals surface area contributed by atoms with Crippen LogP contribution in [0.1, 0.15) is 5.56 Å². The second-order valence-electron chi connectivity index (χ2n) is 7.87. The number of carbonyl (C=O) groups is 3. The molecule has 0 spiro atoms. The van der Waals surface area contributed by atoms with E-state index in [1.165, 1.54) is 0 Å². The minimum absolute atomic E-state index is 0.288. The van der Waals surface area contributed by atoms with E-state index in [4.69, 9.17) is 14.2 Å². The lowest BCUT2D eigenvalue weighted by Crippen LogP contribution is -2.36. The van der Waals surface area contributed by atoms with Gasteiger partial charge in [-0.25, -0.2) is 0 Å². The van der Waals surface area contributed by atoms with Crippen molar-refractivity contribution in [3.63, 3.8) is 0 Å². The van der Waals surface area contributed by atoms with Crippen molar-refractivity contribution in [1.29, 1.82) is 0 Å². The van der Waals surface area contributed by atoms with Crippen molar-refractivity contribution in [1.82, 2.24) is 4.90 Å². The molecule has 176 valence electrons. The second-order valence-corrected chi connectivity index (χ2v) is 8.86. The van der Waals surface area contributed by atoms with E-state index in [-0.39, 0.29) is 11.4 Å². The van der Waals surface area contributed by atoms with Gasteiger partial charge in [-0.2, -0.15) is 0 Å². The highest BCUT2D eigenvalue weighted by Crippen LogP contribution is 2.34. The van der Waals surface area contributed by atoms with Crippen molar-refractivity contribution in [2.24, 2.45) is 0 Å². The van der Waals surface area contributed by atoms with Crippen LogP contribution in [0.2, 0.25) is 0 Å². The Hall–Kier alpha value is -3.50. The minimum atomic E-state index is -0.482. The number of imide groups is 1. The van der Waals surface area contributed by atoms with Crippen LogP contribution in [0, 0.1) is 0 Å². The Balaban J connectivity index is 1.21. The average molecular weight is 482 g/mol. The van der Waals surface area contributed by atoms with Crippen LogP contribution in [0.4, 0.5) is 16.2 Å². The fraction of sp³-hybridized carbons (Fsp3) is 0.292. The van der Waals surface area contributed by atoms with Gasteiger partial charge >= 0.3 is 0 Å². The lowest BCUT2D eigenvalue weighted by atomic mass is 10.1. The molecule has 1 N–H and O–H groups in total. The molecule has 0 aliphatic carbocycles. The summed E-state index contributed by atoms with van der Waals surface area (Å²) < 4.78 is 16.4. The average Bonchev–Trinajstić information content (AvgIpc) is 3.12. The monoisotopic (exact) mass is 481 g/mol. The maximum absolute atomic E-state index is 12.8. The van der Waals surface area contributed by atoms with Gasteiger partial charge in [-0.05, 0) is 47.7 Å². The topological polar surface area (TPSA) is 97.4 Å². The Labute approximate surface area is 200 Å². The number of ether oxygens (including phenoxy) is 3. The van der Waals surface area contributed by atoms with Crippen LogP contribution in [0.3, 0.4) is 0 Å². The molecule has 2 fully saturated rings. The minimum Gasteiger partial charge on any atom is -0.486 e. The van der Waals surface area contributed by atoms with Gasteiger partial charge in [0.15, 0.2) is 11.5 Å². The highest BCUT2D eigenvalue weighted by molar-refractivity contribution is 8.18. The molecule has 2 saturated heterocycles. The van der Waals surface area contributed by atoms with Crippen molar-refractivity contribution >= 4 is 46.3 Å². The molecule has 5 rings (SSSR count). The lowest BCUT2D eigenvalue weighted by molar-refractivity contribution is -0.127. The quantitative estimate of drug-likeness (QED) is 0.651. The summed E-state index contributed by atoms with van der Waals surface area (Å²) in [6.07, 6.45) is 1.67. The number of hydrogen-bond donors (Lipinski definition) is 1. The third-order valence-corrected chi connectivity index (χ3v) is 6.48. The fourth-order valence-electron chi connectivity index (χ4n) is 3.86. The number of nitrogens with one attached hydrogen (secondary N) is 1. The van der Waals surface area contributed by atoms with Crippen molar-refractivity contribution in [3.8, 4) is 11.5 Å². The summed E-state index contributed by atoms with van der Waals surface area (Å²) in [5.74, 6) is 0.191. The van der Waals surface area contributed by atoms with Crippen molar-refractivity contribution in [2.45, 2.75) is 0 Å². The number of amides is 3. The summed E-state index contributed by atoms with van der Waals surface area (Å²) in [5.41, 5.74) is 2.39. The number of nitrogens with zero attached hydrogens (tertiary/aromatic N) is 2. The molecule has 0 unspecified atom stereocenters. The number of thioether (sulfide) groups is 1. The number of carbonyl (C=O) groups excluding carboxylic acids is 3. The lowest BCUT2D eigenvalue weighted by Gasteiger charge is -2.28. The summed E-state index contributed by atoms with van der Waals surface area (Å²) in [6, 6.07) is 12.8. The Morgan fingerprint density at radius 3 is 2.47 bits per heavy atom. The molecule has 2 aromatic rings. The van der Waals surface area contributed by atoms with E-state index in [0.717, 1.165) is 41.0 Å². The number of anilines is 2. The maximum Gasteiger partial charge on any atom is 0.294 e. The molecule has 3 aliphatic heterocycles. The van der Waals surface area contributed by atoms with Crippen LogP contribution in [0.5, 0.6) is 11.5 Å². The molecular formula is C24H23N3O6S. The van der Waals surface area contributed by atoms with Gasteiger partial charge in [0.1, 0.15) is 19.8 Å². The van der Waals surface area contributed by atoms with Gasteiger partial charge in [0.05, 0.1) is 18.1 Å². The number of rotatable bonds is 5. The predicted octanol–water partition coefficient (Wildman–Crippen LogP) is 2.97. The number of hydrogen-bond acceptors (Lipinski definition) is 8. The molecule has 3 aliphatic rings. The summed E-state index contributed by atoms with van der Waals surface area (Å²) in [6.45, 7) is 3.63. The van der Waals surface area contributed by atoms with E-state index in [2.05, 4.69) is 10.2 Å². The van der Waals surface area contributed by atoms with Crippen molar-refractivity contribution in [2.75, 3.05) is 56.3 Å². The van der Waals surface area contributed by atoms with E-state index >= 15 is 0 Å². The van der Waals surface area contributed by atoms with Crippen LogP contribution >= 0.6 is 11.8 Å². The Kier molecular flexibility index (Phi) is 6.41. The van der Waals surface area contributed by atoms with Crippen LogP contribution < -0.4 is 19.7 Å². The van der Waals surface area contributed by atoms with Crippen LogP contribution in [-0.4, -0.2) is 68.0 Å². The zero-order valence-electron chi connectivity index (χ0n) is 18.3. The van der Waals surface area contributed by atoms with Crippen LogP contribution in [-0.2, 0) is 14.3 Å². The third-order valence-electron chi connectivity index (χ3n) is 5.57. The van der Waals surface area contributed by atoms with E-state index in [9.17, 15) is 14.4 Å². The van der Waals surface area contributed by atoms with Crippen molar-refractivity contribution in [3.05, 3.63) is 52.9 Å². The third kappa shape index (κ3) is 4.87. The normalized spacial score (nSPS) is 19.0. The van der Waals surface area contributed by atoms with Crippen LogP contribution in [0.25, 0.3) is 6.08 Å². The molecule has 0 saturated carbocycles. The molecule has 0 bridgehead atoms. The van der Waals surface area contributed by atoms with Crippen LogP contribution in [0.15, 0.2) is 47.4 Å². The molecular weight excluding hydrogens is 458 g/mol. The van der Waals surface area contributed by atoms with Gasteiger partial charge in [-0.15, -0.1) is 0 Å². The highest BCUT2D eigenvalue weighted by atomic mass is 32.2. The summed E-state index contributed by atoms with van der Waals surface area (Å²) >= 11 is 0.831. The molecule has 0 atom stereocenters. The Bertz CT molecular complexity index is 1140. The first-order valence-electron chi connectivity index (χ1n) is 10.9. The van der Waals surface area contributed by atoms with E-state index < -0.39 is 17.1 Å². The van der Waals surface area contributed by atoms with Gasteiger partial charge in [-0.1, -0.05) is 12.1 Å². The number of fused-ring (bicyclic) bond motifs is 1. The Morgan fingerprint density at radius 1 is 0.971 bits per heavy atom.